The van der Waals surface area contributed by atoms with E-state index in [9.17, 15) is 9.18 Å². The van der Waals surface area contributed by atoms with Crippen LogP contribution >= 0.6 is 34.7 Å². The quantitative estimate of drug-likeness (QED) is 0.304. The van der Waals surface area contributed by atoms with Crippen LogP contribution in [-0.4, -0.2) is 17.5 Å². The average molecular weight is 473 g/mol. The summed E-state index contributed by atoms with van der Waals surface area (Å²) >= 11 is 9.04. The summed E-state index contributed by atoms with van der Waals surface area (Å²) in [6, 6.07) is 17.4. The molecule has 4 nitrogen and oxygen atoms in total. The van der Waals surface area contributed by atoms with E-state index in [0.717, 1.165) is 25.7 Å². The van der Waals surface area contributed by atoms with E-state index in [-0.39, 0.29) is 18.3 Å². The van der Waals surface area contributed by atoms with Gasteiger partial charge in [0.2, 0.25) is 0 Å². The summed E-state index contributed by atoms with van der Waals surface area (Å²) in [7, 11) is 0. The molecule has 158 valence electrons. The molecule has 0 aliphatic heterocycles. The van der Waals surface area contributed by atoms with Gasteiger partial charge in [-0.25, -0.2) is 9.37 Å². The van der Waals surface area contributed by atoms with Crippen LogP contribution < -0.4 is 10.1 Å². The number of aromatic nitrogens is 1. The largest absolute Gasteiger partial charge is 0.483 e. The Morgan fingerprint density at radius 1 is 1.19 bits per heavy atom. The summed E-state index contributed by atoms with van der Waals surface area (Å²) in [4.78, 5) is 16.9. The second-order valence-corrected chi connectivity index (χ2v) is 9.52. The number of aryl methyl sites for hydroxylation is 1. The van der Waals surface area contributed by atoms with Crippen molar-refractivity contribution in [3.63, 3.8) is 0 Å². The molecule has 0 spiro atoms. The molecule has 0 fully saturated rings. The summed E-state index contributed by atoms with van der Waals surface area (Å²) in [6.45, 7) is 1.78. The van der Waals surface area contributed by atoms with Crippen LogP contribution in [0.1, 0.15) is 11.1 Å². The molecule has 0 bridgehead atoms. The highest BCUT2D eigenvalue weighted by Crippen LogP contribution is 2.33. The predicted octanol–water partition coefficient (Wildman–Crippen LogP) is 6.71. The summed E-state index contributed by atoms with van der Waals surface area (Å²) in [5, 5.41) is 3.47. The van der Waals surface area contributed by atoms with E-state index < -0.39 is 0 Å². The molecule has 4 aromatic rings. The molecule has 8 heteroatoms. The van der Waals surface area contributed by atoms with Crippen molar-refractivity contribution in [1.82, 2.24) is 4.98 Å². The number of fused-ring (bicyclic) bond motifs is 1. The fourth-order valence-corrected chi connectivity index (χ4v) is 5.21. The third-order valence-electron chi connectivity index (χ3n) is 4.40. The molecule has 0 saturated carbocycles. The van der Waals surface area contributed by atoms with Crippen molar-refractivity contribution in [2.75, 3.05) is 11.9 Å². The van der Waals surface area contributed by atoms with Gasteiger partial charge in [0.05, 0.1) is 10.2 Å². The molecular weight excluding hydrogens is 455 g/mol. The molecule has 0 radical (unpaired) electrons. The lowest BCUT2D eigenvalue weighted by atomic mass is 10.2. The van der Waals surface area contributed by atoms with Crippen molar-refractivity contribution in [1.29, 1.82) is 0 Å². The van der Waals surface area contributed by atoms with Gasteiger partial charge in [-0.15, -0.1) is 11.3 Å². The lowest BCUT2D eigenvalue weighted by molar-refractivity contribution is -0.118. The number of benzene rings is 3. The predicted molar refractivity (Wildman–Crippen MR) is 126 cm³/mol. The van der Waals surface area contributed by atoms with Gasteiger partial charge in [0, 0.05) is 16.5 Å². The fourth-order valence-electron chi connectivity index (χ4n) is 2.93. The Morgan fingerprint density at radius 3 is 2.87 bits per heavy atom. The summed E-state index contributed by atoms with van der Waals surface area (Å²) < 4.78 is 20.8. The van der Waals surface area contributed by atoms with Crippen molar-refractivity contribution < 1.29 is 13.9 Å². The first-order valence-electron chi connectivity index (χ1n) is 9.43. The molecule has 0 unspecified atom stereocenters. The Morgan fingerprint density at radius 2 is 2.06 bits per heavy atom. The maximum atomic E-state index is 13.3. The average Bonchev–Trinajstić information content (AvgIpc) is 3.14. The summed E-state index contributed by atoms with van der Waals surface area (Å²) in [5.41, 5.74) is 3.32. The van der Waals surface area contributed by atoms with Gasteiger partial charge in [0.1, 0.15) is 11.6 Å². The first kappa shape index (κ1) is 21.6. The molecule has 0 aliphatic carbocycles. The van der Waals surface area contributed by atoms with Gasteiger partial charge >= 0.3 is 0 Å². The second-order valence-electron chi connectivity index (χ2n) is 6.83. The van der Waals surface area contributed by atoms with Gasteiger partial charge in [-0.05, 0) is 66.6 Å². The highest BCUT2D eigenvalue weighted by atomic mass is 35.5. The molecule has 4 rings (SSSR count). The number of ether oxygens (including phenoxy) is 1. The monoisotopic (exact) mass is 472 g/mol. The molecule has 1 amide bonds. The summed E-state index contributed by atoms with van der Waals surface area (Å²) in [5.74, 6) is 0.775. The number of carbonyl (C=O) groups excluding carboxylic acids is 1. The van der Waals surface area contributed by atoms with Crippen LogP contribution in [0.4, 0.5) is 10.1 Å². The van der Waals surface area contributed by atoms with Gasteiger partial charge in [-0.1, -0.05) is 35.5 Å². The van der Waals surface area contributed by atoms with Crippen LogP contribution in [0.5, 0.6) is 5.75 Å². The number of hydrogen-bond acceptors (Lipinski definition) is 5. The minimum atomic E-state index is -0.251. The summed E-state index contributed by atoms with van der Waals surface area (Å²) in [6.07, 6.45) is 0. The highest BCUT2D eigenvalue weighted by molar-refractivity contribution is 8.00. The topological polar surface area (TPSA) is 51.2 Å². The van der Waals surface area contributed by atoms with E-state index in [2.05, 4.69) is 10.3 Å². The van der Waals surface area contributed by atoms with Gasteiger partial charge in [0.25, 0.3) is 5.91 Å². The fraction of sp³-hybridized carbons (Fsp3) is 0.130. The number of carbonyl (C=O) groups is 1. The molecule has 31 heavy (non-hydrogen) atoms. The maximum absolute atomic E-state index is 13.3. The normalized spacial score (nSPS) is 10.9. The van der Waals surface area contributed by atoms with Gasteiger partial charge < -0.3 is 10.1 Å². The van der Waals surface area contributed by atoms with E-state index in [1.807, 2.05) is 31.2 Å². The lowest BCUT2D eigenvalue weighted by Gasteiger charge is -2.10. The van der Waals surface area contributed by atoms with E-state index in [0.29, 0.717) is 22.2 Å². The smallest absolute Gasteiger partial charge is 0.262 e. The third-order valence-corrected chi connectivity index (χ3v) is 6.87. The Hall–Kier alpha value is -2.61. The van der Waals surface area contributed by atoms with Gasteiger partial charge in [-0.2, -0.15) is 0 Å². The number of hydrogen-bond donors (Lipinski definition) is 1. The molecular formula is C23H18ClFN2O2S2. The Labute approximate surface area is 192 Å². The maximum Gasteiger partial charge on any atom is 0.262 e. The first-order valence-corrected chi connectivity index (χ1v) is 11.6. The van der Waals surface area contributed by atoms with Crippen LogP contribution in [0.2, 0.25) is 5.02 Å². The van der Waals surface area contributed by atoms with Crippen molar-refractivity contribution in [2.24, 2.45) is 0 Å². The number of thiazole rings is 1. The zero-order chi connectivity index (χ0) is 21.8. The number of anilines is 1. The van der Waals surface area contributed by atoms with Crippen LogP contribution in [0.3, 0.4) is 0 Å². The van der Waals surface area contributed by atoms with Crippen molar-refractivity contribution >= 4 is 56.5 Å². The van der Waals surface area contributed by atoms with E-state index in [1.54, 1.807) is 36.0 Å². The Balaban J connectivity index is 1.36. The Kier molecular flexibility index (Phi) is 6.75. The van der Waals surface area contributed by atoms with E-state index in [4.69, 9.17) is 16.3 Å². The Bertz CT molecular complexity index is 1250. The SMILES string of the molecule is Cc1cc(Cl)ccc1OCC(=O)Nc1ccc2nc(SCc3cccc(F)c3)sc2c1. The lowest BCUT2D eigenvalue weighted by Crippen LogP contribution is -2.20. The van der Waals surface area contributed by atoms with Crippen LogP contribution in [0.15, 0.2) is 65.0 Å². The molecule has 0 aliphatic rings. The van der Waals surface area contributed by atoms with Crippen LogP contribution in [0.25, 0.3) is 10.2 Å². The van der Waals surface area contributed by atoms with Gasteiger partial charge in [-0.3, -0.25) is 4.79 Å². The number of thioether (sulfide) groups is 1. The standard InChI is InChI=1S/C23H18ClFN2O2S2/c1-14-9-16(24)5-8-20(14)29-12-22(28)26-18-6-7-19-21(11-18)31-23(27-19)30-13-15-3-2-4-17(25)10-15/h2-11H,12-13H2,1H3,(H,26,28). The minimum absolute atomic E-state index is 0.0993. The zero-order valence-corrected chi connectivity index (χ0v) is 18.9. The number of nitrogens with one attached hydrogen (secondary N) is 1. The number of rotatable bonds is 7. The first-order chi connectivity index (χ1) is 15.0. The highest BCUT2D eigenvalue weighted by Gasteiger charge is 2.09. The molecule has 1 heterocycles. The number of amides is 1. The second kappa shape index (κ2) is 9.68. The third kappa shape index (κ3) is 5.76. The van der Waals surface area contributed by atoms with Crippen molar-refractivity contribution in [3.8, 4) is 5.75 Å². The van der Waals surface area contributed by atoms with Crippen molar-refractivity contribution in [3.05, 3.63) is 82.6 Å². The van der Waals surface area contributed by atoms with Crippen LogP contribution in [-0.2, 0) is 10.5 Å². The van der Waals surface area contributed by atoms with Gasteiger partial charge in [0.15, 0.2) is 10.9 Å². The molecule has 1 aromatic heterocycles. The molecule has 0 atom stereocenters. The number of halogens is 2. The number of nitrogens with zero attached hydrogens (tertiary/aromatic N) is 1. The molecule has 3 aromatic carbocycles. The molecule has 0 saturated heterocycles. The van der Waals surface area contributed by atoms with E-state index >= 15 is 0 Å². The van der Waals surface area contributed by atoms with E-state index in [1.165, 1.54) is 23.5 Å². The van der Waals surface area contributed by atoms with Crippen LogP contribution in [0, 0.1) is 12.7 Å². The minimum Gasteiger partial charge on any atom is -0.483 e. The van der Waals surface area contributed by atoms with Crippen molar-refractivity contribution in [2.45, 2.75) is 17.0 Å². The molecule has 1 N–H and O–H groups in total. The zero-order valence-electron chi connectivity index (χ0n) is 16.5.